The molecule has 0 radical (unpaired) electrons. The summed E-state index contributed by atoms with van der Waals surface area (Å²) >= 11 is 1.52. The molecule has 2 aromatic carbocycles. The van der Waals surface area contributed by atoms with Gasteiger partial charge in [0.1, 0.15) is 11.6 Å². The standard InChI is InChI=1S/C26H26F2N4O2S/c27-20-7-5-19(6-8-20)24-17-32-21(18-35-26(32)29-24)9-10-31(12-11-30-13-15-34-16-14-30)25(33)22-3-1-2-4-23(22)28/h1-8,17-18H,9-16H2. The largest absolute Gasteiger partial charge is 0.379 e. The fourth-order valence-electron chi connectivity index (χ4n) is 4.23. The lowest BCUT2D eigenvalue weighted by atomic mass is 10.1. The molecule has 0 saturated carbocycles. The van der Waals surface area contributed by atoms with Crippen molar-refractivity contribution < 1.29 is 18.3 Å². The van der Waals surface area contributed by atoms with Crippen LogP contribution in [0.3, 0.4) is 0 Å². The number of thiazole rings is 1. The monoisotopic (exact) mass is 496 g/mol. The highest BCUT2D eigenvalue weighted by Crippen LogP contribution is 2.24. The number of fused-ring (bicyclic) bond motifs is 1. The molecule has 0 N–H and O–H groups in total. The van der Waals surface area contributed by atoms with Gasteiger partial charge in [-0.1, -0.05) is 12.1 Å². The first-order chi connectivity index (χ1) is 17.1. The van der Waals surface area contributed by atoms with Crippen molar-refractivity contribution in [1.82, 2.24) is 19.2 Å². The number of carbonyl (C=O) groups is 1. The van der Waals surface area contributed by atoms with Crippen LogP contribution < -0.4 is 0 Å². The van der Waals surface area contributed by atoms with Crippen molar-refractivity contribution in [3.63, 3.8) is 0 Å². The number of aromatic nitrogens is 2. The normalized spacial score (nSPS) is 14.5. The Balaban J connectivity index is 1.33. The fourth-order valence-corrected chi connectivity index (χ4v) is 5.13. The maximum Gasteiger partial charge on any atom is 0.256 e. The Hall–Kier alpha value is -3.14. The molecule has 4 aromatic rings. The van der Waals surface area contributed by atoms with Gasteiger partial charge >= 0.3 is 0 Å². The number of nitrogens with zero attached hydrogens (tertiary/aromatic N) is 4. The van der Waals surface area contributed by atoms with E-state index in [2.05, 4.69) is 9.88 Å². The third kappa shape index (κ3) is 5.42. The summed E-state index contributed by atoms with van der Waals surface area (Å²) in [6.45, 7) is 4.69. The number of hydrogen-bond donors (Lipinski definition) is 0. The summed E-state index contributed by atoms with van der Waals surface area (Å²) in [5.41, 5.74) is 2.72. The first-order valence-electron chi connectivity index (χ1n) is 11.6. The molecule has 0 unspecified atom stereocenters. The van der Waals surface area contributed by atoms with Crippen LogP contribution in [0, 0.1) is 11.6 Å². The summed E-state index contributed by atoms with van der Waals surface area (Å²) in [4.78, 5) is 22.8. The minimum atomic E-state index is -0.509. The molecule has 3 heterocycles. The molecule has 9 heteroatoms. The highest BCUT2D eigenvalue weighted by molar-refractivity contribution is 7.15. The van der Waals surface area contributed by atoms with Gasteiger partial charge in [0.25, 0.3) is 5.91 Å². The van der Waals surface area contributed by atoms with Gasteiger partial charge in [-0.25, -0.2) is 13.8 Å². The first-order valence-corrected chi connectivity index (χ1v) is 12.5. The Kier molecular flexibility index (Phi) is 7.17. The maximum atomic E-state index is 14.4. The zero-order valence-corrected chi connectivity index (χ0v) is 20.0. The zero-order chi connectivity index (χ0) is 24.2. The van der Waals surface area contributed by atoms with E-state index in [4.69, 9.17) is 4.74 Å². The smallest absolute Gasteiger partial charge is 0.256 e. The number of benzene rings is 2. The molecule has 2 aromatic heterocycles. The van der Waals surface area contributed by atoms with Crippen molar-refractivity contribution in [3.8, 4) is 11.3 Å². The van der Waals surface area contributed by atoms with E-state index in [1.54, 1.807) is 29.2 Å². The summed E-state index contributed by atoms with van der Waals surface area (Å²) in [5, 5.41) is 2.03. The summed E-state index contributed by atoms with van der Waals surface area (Å²) in [7, 11) is 0. The Morgan fingerprint density at radius 1 is 1.06 bits per heavy atom. The van der Waals surface area contributed by atoms with Gasteiger partial charge in [0, 0.05) is 62.0 Å². The molecule has 0 spiro atoms. The lowest BCUT2D eigenvalue weighted by molar-refractivity contribution is 0.0325. The predicted molar refractivity (Wildman–Crippen MR) is 132 cm³/mol. The second-order valence-electron chi connectivity index (χ2n) is 8.49. The Morgan fingerprint density at radius 3 is 2.60 bits per heavy atom. The molecule has 5 rings (SSSR count). The highest BCUT2D eigenvalue weighted by atomic mass is 32.1. The summed E-state index contributed by atoms with van der Waals surface area (Å²) in [5.74, 6) is -1.10. The second-order valence-corrected chi connectivity index (χ2v) is 9.33. The number of hydrogen-bond acceptors (Lipinski definition) is 5. The lowest BCUT2D eigenvalue weighted by Crippen LogP contribution is -2.43. The van der Waals surface area contributed by atoms with Crippen LogP contribution in [0.15, 0.2) is 60.1 Å². The average Bonchev–Trinajstić information content (AvgIpc) is 3.47. The second kappa shape index (κ2) is 10.6. The van der Waals surface area contributed by atoms with Crippen LogP contribution in [0.4, 0.5) is 8.78 Å². The Morgan fingerprint density at radius 2 is 1.83 bits per heavy atom. The molecule has 0 aliphatic carbocycles. The van der Waals surface area contributed by atoms with Crippen LogP contribution in [-0.2, 0) is 11.2 Å². The van der Waals surface area contributed by atoms with E-state index < -0.39 is 5.82 Å². The Labute approximate surface area is 206 Å². The van der Waals surface area contributed by atoms with Gasteiger partial charge in [0.2, 0.25) is 0 Å². The van der Waals surface area contributed by atoms with E-state index in [9.17, 15) is 13.6 Å². The third-order valence-electron chi connectivity index (χ3n) is 6.24. The fraction of sp³-hybridized carbons (Fsp3) is 0.308. The topological polar surface area (TPSA) is 50.1 Å². The summed E-state index contributed by atoms with van der Waals surface area (Å²) < 4.78 is 35.1. The Bertz CT molecular complexity index is 1300. The molecular formula is C26H26F2N4O2S. The van der Waals surface area contributed by atoms with E-state index in [0.717, 1.165) is 35.0 Å². The molecule has 1 aliphatic rings. The van der Waals surface area contributed by atoms with Crippen molar-refractivity contribution in [2.45, 2.75) is 6.42 Å². The molecule has 0 bridgehead atoms. The summed E-state index contributed by atoms with van der Waals surface area (Å²) in [6, 6.07) is 12.4. The number of halogens is 2. The quantitative estimate of drug-likeness (QED) is 0.364. The van der Waals surface area contributed by atoms with Gasteiger partial charge in [0.15, 0.2) is 4.96 Å². The molecule has 1 aliphatic heterocycles. The minimum Gasteiger partial charge on any atom is -0.379 e. The molecule has 1 amide bonds. The van der Waals surface area contributed by atoms with Crippen molar-refractivity contribution in [1.29, 1.82) is 0 Å². The SMILES string of the molecule is O=C(c1ccccc1F)N(CCc1csc2nc(-c3ccc(F)cc3)cn12)CCN1CCOCC1. The molecule has 1 fully saturated rings. The van der Waals surface area contributed by atoms with Gasteiger partial charge < -0.3 is 9.64 Å². The van der Waals surface area contributed by atoms with Crippen molar-refractivity contribution in [3.05, 3.63) is 83.0 Å². The van der Waals surface area contributed by atoms with Gasteiger partial charge in [0.05, 0.1) is 24.5 Å². The number of imidazole rings is 1. The third-order valence-corrected chi connectivity index (χ3v) is 7.13. The zero-order valence-electron chi connectivity index (χ0n) is 19.2. The molecular weight excluding hydrogens is 470 g/mol. The van der Waals surface area contributed by atoms with Crippen LogP contribution in [0.1, 0.15) is 16.1 Å². The number of carbonyl (C=O) groups excluding carboxylic acids is 1. The van der Waals surface area contributed by atoms with Crippen molar-refractivity contribution in [2.24, 2.45) is 0 Å². The predicted octanol–water partition coefficient (Wildman–Crippen LogP) is 4.36. The van der Waals surface area contributed by atoms with Crippen molar-refractivity contribution >= 4 is 22.2 Å². The van der Waals surface area contributed by atoms with E-state index >= 15 is 0 Å². The van der Waals surface area contributed by atoms with Crippen LogP contribution in [0.2, 0.25) is 0 Å². The van der Waals surface area contributed by atoms with Crippen LogP contribution in [-0.4, -0.2) is 71.0 Å². The van der Waals surface area contributed by atoms with E-state index in [-0.39, 0.29) is 17.3 Å². The van der Waals surface area contributed by atoms with Gasteiger partial charge in [-0.15, -0.1) is 11.3 Å². The van der Waals surface area contributed by atoms with E-state index in [1.807, 2.05) is 16.0 Å². The van der Waals surface area contributed by atoms with Gasteiger partial charge in [-0.05, 0) is 36.4 Å². The van der Waals surface area contributed by atoms with Crippen LogP contribution in [0.25, 0.3) is 16.2 Å². The molecule has 0 atom stereocenters. The van der Waals surface area contributed by atoms with E-state index in [1.165, 1.54) is 35.6 Å². The molecule has 182 valence electrons. The number of amides is 1. The van der Waals surface area contributed by atoms with Crippen molar-refractivity contribution in [2.75, 3.05) is 45.9 Å². The molecule has 6 nitrogen and oxygen atoms in total. The first kappa shape index (κ1) is 23.6. The van der Waals surface area contributed by atoms with Gasteiger partial charge in [-0.3, -0.25) is 14.1 Å². The maximum absolute atomic E-state index is 14.4. The number of rotatable bonds is 8. The summed E-state index contributed by atoms with van der Waals surface area (Å²) in [6.07, 6.45) is 2.54. The minimum absolute atomic E-state index is 0.0890. The number of morpholine rings is 1. The average molecular weight is 497 g/mol. The number of ether oxygens (including phenoxy) is 1. The lowest BCUT2D eigenvalue weighted by Gasteiger charge is -2.30. The van der Waals surface area contributed by atoms with Crippen LogP contribution >= 0.6 is 11.3 Å². The molecule has 1 saturated heterocycles. The van der Waals surface area contributed by atoms with Gasteiger partial charge in [-0.2, -0.15) is 0 Å². The highest BCUT2D eigenvalue weighted by Gasteiger charge is 2.21. The van der Waals surface area contributed by atoms with Crippen LogP contribution in [0.5, 0.6) is 0 Å². The van der Waals surface area contributed by atoms with E-state index in [0.29, 0.717) is 39.3 Å². The molecule has 35 heavy (non-hydrogen) atoms.